The first-order chi connectivity index (χ1) is 9.07. The Labute approximate surface area is 115 Å². The maximum Gasteiger partial charge on any atom is 0.358 e. The van der Waals surface area contributed by atoms with Gasteiger partial charge in [-0.2, -0.15) is 4.31 Å². The summed E-state index contributed by atoms with van der Waals surface area (Å²) in [6.07, 6.45) is 0.631. The van der Waals surface area contributed by atoms with Crippen LogP contribution in [0.3, 0.4) is 0 Å². The highest BCUT2D eigenvalue weighted by Crippen LogP contribution is 2.25. The Kier molecular flexibility index (Phi) is 4.50. The zero-order valence-electron chi connectivity index (χ0n) is 10.4. The largest absolute Gasteiger partial charge is 0.464 e. The molecule has 1 aromatic rings. The van der Waals surface area contributed by atoms with Crippen LogP contribution >= 0.6 is 11.3 Å². The molecule has 0 N–H and O–H groups in total. The number of hydrogen-bond donors (Lipinski definition) is 0. The van der Waals surface area contributed by atoms with Gasteiger partial charge in [0.15, 0.2) is 9.90 Å². The first kappa shape index (κ1) is 14.4. The van der Waals surface area contributed by atoms with E-state index in [1.165, 1.54) is 16.9 Å². The van der Waals surface area contributed by atoms with Gasteiger partial charge in [0.25, 0.3) is 10.0 Å². The topological polar surface area (TPSA) is 85.8 Å². The minimum atomic E-state index is -3.72. The van der Waals surface area contributed by atoms with Crippen LogP contribution in [0.1, 0.15) is 16.9 Å². The molecule has 106 valence electrons. The standard InChI is InChI=1S/C10H14N2O5S2/c1-16-9(13)8-10(18-7-11-8)19(14,15)12-3-2-5-17-6-4-12/h7H,2-6H2,1H3. The van der Waals surface area contributed by atoms with E-state index in [1.807, 2.05) is 0 Å². The van der Waals surface area contributed by atoms with E-state index in [0.29, 0.717) is 26.2 Å². The van der Waals surface area contributed by atoms with E-state index in [-0.39, 0.29) is 16.4 Å². The quantitative estimate of drug-likeness (QED) is 0.749. The predicted octanol–water partition coefficient (Wildman–Crippen LogP) is 0.341. The lowest BCUT2D eigenvalue weighted by Gasteiger charge is -2.18. The lowest BCUT2D eigenvalue weighted by atomic mass is 10.5. The fourth-order valence-corrected chi connectivity index (χ4v) is 4.46. The molecule has 0 unspecified atom stereocenters. The van der Waals surface area contributed by atoms with E-state index in [4.69, 9.17) is 4.74 Å². The van der Waals surface area contributed by atoms with Crippen molar-refractivity contribution in [2.75, 3.05) is 33.4 Å². The first-order valence-electron chi connectivity index (χ1n) is 5.67. The van der Waals surface area contributed by atoms with Crippen LogP contribution in [0.5, 0.6) is 0 Å². The van der Waals surface area contributed by atoms with Gasteiger partial charge in [-0.25, -0.2) is 18.2 Å². The maximum absolute atomic E-state index is 12.5. The van der Waals surface area contributed by atoms with Crippen LogP contribution in [0.15, 0.2) is 9.72 Å². The Morgan fingerprint density at radius 3 is 3.00 bits per heavy atom. The average Bonchev–Trinajstić information content (AvgIpc) is 2.73. The number of sulfonamides is 1. The number of carbonyl (C=O) groups excluding carboxylic acids is 1. The number of ether oxygens (including phenoxy) is 2. The van der Waals surface area contributed by atoms with Gasteiger partial charge in [-0.15, -0.1) is 11.3 Å². The van der Waals surface area contributed by atoms with Crippen LogP contribution in [0.25, 0.3) is 0 Å². The summed E-state index contributed by atoms with van der Waals surface area (Å²) in [5.74, 6) is -0.745. The molecule has 0 saturated carbocycles. The van der Waals surface area contributed by atoms with Gasteiger partial charge in [-0.05, 0) is 6.42 Å². The zero-order valence-corrected chi connectivity index (χ0v) is 12.0. The number of carbonyl (C=O) groups is 1. The molecule has 1 aliphatic rings. The van der Waals surface area contributed by atoms with Crippen molar-refractivity contribution in [1.82, 2.24) is 9.29 Å². The highest BCUT2D eigenvalue weighted by atomic mass is 32.2. The molecule has 1 saturated heterocycles. The SMILES string of the molecule is COC(=O)c1ncsc1S(=O)(=O)N1CCCOCC1. The second-order valence-corrected chi connectivity index (χ2v) is 6.84. The van der Waals surface area contributed by atoms with Gasteiger partial charge >= 0.3 is 5.97 Å². The summed E-state index contributed by atoms with van der Waals surface area (Å²) >= 11 is 0.918. The van der Waals surface area contributed by atoms with Gasteiger partial charge in [-0.1, -0.05) is 0 Å². The van der Waals surface area contributed by atoms with Gasteiger partial charge in [0.1, 0.15) is 0 Å². The molecule has 0 spiro atoms. The number of esters is 1. The van der Waals surface area contributed by atoms with E-state index in [2.05, 4.69) is 9.72 Å². The van der Waals surface area contributed by atoms with E-state index in [9.17, 15) is 13.2 Å². The van der Waals surface area contributed by atoms with Crippen molar-refractivity contribution in [3.63, 3.8) is 0 Å². The number of rotatable bonds is 3. The number of hydrogen-bond acceptors (Lipinski definition) is 7. The molecule has 0 aliphatic carbocycles. The minimum Gasteiger partial charge on any atom is -0.464 e. The Morgan fingerprint density at radius 2 is 2.26 bits per heavy atom. The summed E-state index contributed by atoms with van der Waals surface area (Å²) in [6, 6.07) is 0. The number of aromatic nitrogens is 1. The molecule has 2 rings (SSSR count). The molecule has 2 heterocycles. The van der Waals surface area contributed by atoms with E-state index in [0.717, 1.165) is 11.3 Å². The van der Waals surface area contributed by atoms with Crippen molar-refractivity contribution in [2.24, 2.45) is 0 Å². The highest BCUT2D eigenvalue weighted by Gasteiger charge is 2.32. The highest BCUT2D eigenvalue weighted by molar-refractivity contribution is 7.91. The molecule has 0 radical (unpaired) electrons. The second-order valence-electron chi connectivity index (χ2n) is 3.85. The van der Waals surface area contributed by atoms with E-state index in [1.54, 1.807) is 0 Å². The Hall–Kier alpha value is -1.03. The maximum atomic E-state index is 12.5. The van der Waals surface area contributed by atoms with Crippen LogP contribution in [-0.4, -0.2) is 57.1 Å². The van der Waals surface area contributed by atoms with Crippen LogP contribution in [-0.2, 0) is 19.5 Å². The van der Waals surface area contributed by atoms with E-state index < -0.39 is 16.0 Å². The normalized spacial score (nSPS) is 17.9. The summed E-state index contributed by atoms with van der Waals surface area (Å²) in [5.41, 5.74) is 1.17. The van der Waals surface area contributed by atoms with Crippen molar-refractivity contribution in [2.45, 2.75) is 10.6 Å². The summed E-state index contributed by atoms with van der Waals surface area (Å²) in [6.45, 7) is 1.55. The van der Waals surface area contributed by atoms with Crippen LogP contribution in [0, 0.1) is 0 Å². The lowest BCUT2D eigenvalue weighted by Crippen LogP contribution is -2.33. The molecule has 19 heavy (non-hydrogen) atoms. The molecule has 1 fully saturated rings. The second kappa shape index (κ2) is 5.95. The third-order valence-corrected chi connectivity index (χ3v) is 5.91. The van der Waals surface area contributed by atoms with Gasteiger partial charge in [0.2, 0.25) is 0 Å². The Bertz CT molecular complexity index is 546. The van der Waals surface area contributed by atoms with Gasteiger partial charge < -0.3 is 9.47 Å². The third-order valence-electron chi connectivity index (χ3n) is 2.67. The molecular weight excluding hydrogens is 292 g/mol. The first-order valence-corrected chi connectivity index (χ1v) is 7.99. The molecule has 1 aromatic heterocycles. The zero-order chi connectivity index (χ0) is 13.9. The molecule has 0 aromatic carbocycles. The summed E-state index contributed by atoms with van der Waals surface area (Å²) in [4.78, 5) is 15.3. The summed E-state index contributed by atoms with van der Waals surface area (Å²) < 4.78 is 36.0. The van der Waals surface area contributed by atoms with Crippen molar-refractivity contribution >= 4 is 27.3 Å². The number of nitrogens with zero attached hydrogens (tertiary/aromatic N) is 2. The smallest absolute Gasteiger partial charge is 0.358 e. The Balaban J connectivity index is 2.33. The molecule has 0 amide bonds. The van der Waals surface area contributed by atoms with Crippen molar-refractivity contribution in [3.05, 3.63) is 11.2 Å². The third kappa shape index (κ3) is 2.94. The summed E-state index contributed by atoms with van der Waals surface area (Å²) in [7, 11) is -2.53. The van der Waals surface area contributed by atoms with Crippen molar-refractivity contribution in [3.8, 4) is 0 Å². The molecule has 9 heteroatoms. The fraction of sp³-hybridized carbons (Fsp3) is 0.600. The summed E-state index contributed by atoms with van der Waals surface area (Å²) in [5, 5.41) is 0. The van der Waals surface area contributed by atoms with Crippen LogP contribution in [0.4, 0.5) is 0 Å². The average molecular weight is 306 g/mol. The minimum absolute atomic E-state index is 0.0683. The molecule has 1 aliphatic heterocycles. The van der Waals surface area contributed by atoms with Gasteiger partial charge in [-0.3, -0.25) is 0 Å². The van der Waals surface area contributed by atoms with Crippen LogP contribution < -0.4 is 0 Å². The molecular formula is C10H14N2O5S2. The predicted molar refractivity (Wildman–Crippen MR) is 67.6 cm³/mol. The number of thiazole rings is 1. The van der Waals surface area contributed by atoms with E-state index >= 15 is 0 Å². The fourth-order valence-electron chi connectivity index (χ4n) is 1.73. The van der Waals surface area contributed by atoms with Gasteiger partial charge in [0.05, 0.1) is 19.2 Å². The molecule has 0 bridgehead atoms. The lowest BCUT2D eigenvalue weighted by molar-refractivity contribution is 0.0590. The molecule has 7 nitrogen and oxygen atoms in total. The monoisotopic (exact) mass is 306 g/mol. The molecule has 0 atom stereocenters. The van der Waals surface area contributed by atoms with Crippen molar-refractivity contribution < 1.29 is 22.7 Å². The number of methoxy groups -OCH3 is 1. The van der Waals surface area contributed by atoms with Crippen LogP contribution in [0.2, 0.25) is 0 Å². The Morgan fingerprint density at radius 1 is 1.47 bits per heavy atom. The van der Waals surface area contributed by atoms with Crippen molar-refractivity contribution in [1.29, 1.82) is 0 Å². The van der Waals surface area contributed by atoms with Gasteiger partial charge in [0, 0.05) is 19.7 Å².